The van der Waals surface area contributed by atoms with Gasteiger partial charge in [-0.1, -0.05) is 6.07 Å². The van der Waals surface area contributed by atoms with Crippen molar-refractivity contribution in [3.05, 3.63) is 53.6 Å². The molecule has 2 aromatic rings. The molecule has 0 fully saturated rings. The van der Waals surface area contributed by atoms with Crippen LogP contribution in [0.1, 0.15) is 22.8 Å². The molecule has 0 aromatic heterocycles. The van der Waals surface area contributed by atoms with Gasteiger partial charge in [0.15, 0.2) is 11.5 Å². The van der Waals surface area contributed by atoms with E-state index in [0.717, 1.165) is 17.7 Å². The maximum absolute atomic E-state index is 12.6. The number of rotatable bonds is 5. The fourth-order valence-electron chi connectivity index (χ4n) is 2.57. The number of amides is 1. The SMILES string of the molecule is CCN(Cc1ccc2c(c1)OCO2)C(=O)c1ccc(OC(F)(F)F)cc1. The van der Waals surface area contributed by atoms with Gasteiger partial charge in [-0.2, -0.15) is 0 Å². The molecule has 0 aliphatic carbocycles. The van der Waals surface area contributed by atoms with Crippen molar-refractivity contribution >= 4 is 5.91 Å². The Morgan fingerprint density at radius 1 is 1.12 bits per heavy atom. The number of hydrogen-bond acceptors (Lipinski definition) is 4. The Hall–Kier alpha value is -2.90. The maximum Gasteiger partial charge on any atom is 0.573 e. The van der Waals surface area contributed by atoms with E-state index in [1.807, 2.05) is 13.0 Å². The summed E-state index contributed by atoms with van der Waals surface area (Å²) in [6.45, 7) is 2.77. The van der Waals surface area contributed by atoms with Crippen LogP contribution < -0.4 is 14.2 Å². The topological polar surface area (TPSA) is 48.0 Å². The van der Waals surface area contributed by atoms with Crippen molar-refractivity contribution in [3.8, 4) is 17.2 Å². The fourth-order valence-corrected chi connectivity index (χ4v) is 2.57. The van der Waals surface area contributed by atoms with E-state index in [1.54, 1.807) is 17.0 Å². The second kappa shape index (κ2) is 7.15. The van der Waals surface area contributed by atoms with Crippen molar-refractivity contribution < 1.29 is 32.2 Å². The summed E-state index contributed by atoms with van der Waals surface area (Å²) in [4.78, 5) is 14.2. The van der Waals surface area contributed by atoms with Crippen molar-refractivity contribution in [2.45, 2.75) is 19.8 Å². The molecule has 0 bridgehead atoms. The molecule has 0 unspecified atom stereocenters. The first-order chi connectivity index (χ1) is 12.4. The van der Waals surface area contributed by atoms with E-state index >= 15 is 0 Å². The number of ether oxygens (including phenoxy) is 3. The molecule has 0 radical (unpaired) electrons. The number of halogens is 3. The van der Waals surface area contributed by atoms with Crippen molar-refractivity contribution in [1.82, 2.24) is 4.90 Å². The third-order valence-electron chi connectivity index (χ3n) is 3.81. The molecule has 26 heavy (non-hydrogen) atoms. The molecule has 1 amide bonds. The minimum atomic E-state index is -4.76. The van der Waals surface area contributed by atoms with Gasteiger partial charge in [-0.3, -0.25) is 4.79 Å². The highest BCUT2D eigenvalue weighted by molar-refractivity contribution is 5.94. The first-order valence-corrected chi connectivity index (χ1v) is 7.89. The van der Waals surface area contributed by atoms with Crippen LogP contribution in [0.2, 0.25) is 0 Å². The molecule has 0 atom stereocenters. The Morgan fingerprint density at radius 2 is 1.81 bits per heavy atom. The summed E-state index contributed by atoms with van der Waals surface area (Å²) in [5.41, 5.74) is 1.14. The summed E-state index contributed by atoms with van der Waals surface area (Å²) < 4.78 is 51.0. The molecular formula is C18H16F3NO4. The number of nitrogens with zero attached hydrogens (tertiary/aromatic N) is 1. The van der Waals surface area contributed by atoms with E-state index < -0.39 is 6.36 Å². The van der Waals surface area contributed by atoms with Gasteiger partial charge in [-0.15, -0.1) is 13.2 Å². The number of carbonyl (C=O) groups excluding carboxylic acids is 1. The van der Waals surface area contributed by atoms with Crippen LogP contribution in [-0.4, -0.2) is 30.5 Å². The molecule has 0 spiro atoms. The molecule has 2 aromatic carbocycles. The van der Waals surface area contributed by atoms with Crippen LogP contribution in [0.25, 0.3) is 0 Å². The molecule has 3 rings (SSSR count). The number of benzene rings is 2. The molecule has 138 valence electrons. The third kappa shape index (κ3) is 4.19. The van der Waals surface area contributed by atoms with Crippen LogP contribution >= 0.6 is 0 Å². The molecular weight excluding hydrogens is 351 g/mol. The van der Waals surface area contributed by atoms with Gasteiger partial charge in [0.2, 0.25) is 6.79 Å². The van der Waals surface area contributed by atoms with E-state index in [0.29, 0.717) is 24.6 Å². The van der Waals surface area contributed by atoms with Crippen LogP contribution in [-0.2, 0) is 6.54 Å². The summed E-state index contributed by atoms with van der Waals surface area (Å²) >= 11 is 0. The van der Waals surface area contributed by atoms with Gasteiger partial charge in [0, 0.05) is 18.7 Å². The van der Waals surface area contributed by atoms with Crippen molar-refractivity contribution in [2.75, 3.05) is 13.3 Å². The summed E-state index contributed by atoms with van der Waals surface area (Å²) in [7, 11) is 0. The van der Waals surface area contributed by atoms with Crippen LogP contribution in [0.5, 0.6) is 17.2 Å². The Bertz CT molecular complexity index is 790. The van der Waals surface area contributed by atoms with Gasteiger partial charge in [0.1, 0.15) is 5.75 Å². The van der Waals surface area contributed by atoms with Crippen molar-refractivity contribution in [1.29, 1.82) is 0 Å². The highest BCUT2D eigenvalue weighted by Gasteiger charge is 2.31. The Labute approximate surface area is 147 Å². The molecule has 1 aliphatic rings. The average Bonchev–Trinajstić information content (AvgIpc) is 3.06. The zero-order valence-electron chi connectivity index (χ0n) is 13.9. The molecule has 0 saturated carbocycles. The van der Waals surface area contributed by atoms with Gasteiger partial charge >= 0.3 is 6.36 Å². The lowest BCUT2D eigenvalue weighted by Gasteiger charge is -2.21. The normalized spacial score (nSPS) is 12.8. The minimum absolute atomic E-state index is 0.168. The van der Waals surface area contributed by atoms with E-state index in [1.165, 1.54) is 12.1 Å². The molecule has 1 aliphatic heterocycles. The van der Waals surface area contributed by atoms with E-state index in [4.69, 9.17) is 9.47 Å². The molecule has 0 saturated heterocycles. The van der Waals surface area contributed by atoms with Crippen LogP contribution in [0, 0.1) is 0 Å². The van der Waals surface area contributed by atoms with E-state index in [9.17, 15) is 18.0 Å². The monoisotopic (exact) mass is 367 g/mol. The van der Waals surface area contributed by atoms with Crippen LogP contribution in [0.3, 0.4) is 0 Å². The molecule has 5 nitrogen and oxygen atoms in total. The van der Waals surface area contributed by atoms with E-state index in [2.05, 4.69) is 4.74 Å². The highest BCUT2D eigenvalue weighted by Crippen LogP contribution is 2.33. The van der Waals surface area contributed by atoms with Crippen LogP contribution in [0.4, 0.5) is 13.2 Å². The number of carbonyl (C=O) groups is 1. The number of hydrogen-bond donors (Lipinski definition) is 0. The van der Waals surface area contributed by atoms with Crippen LogP contribution in [0.15, 0.2) is 42.5 Å². The second-order valence-corrected chi connectivity index (χ2v) is 5.58. The first kappa shape index (κ1) is 17.9. The van der Waals surface area contributed by atoms with Gasteiger partial charge in [-0.05, 0) is 48.9 Å². The smallest absolute Gasteiger partial charge is 0.454 e. The van der Waals surface area contributed by atoms with E-state index in [-0.39, 0.29) is 24.0 Å². The fraction of sp³-hybridized carbons (Fsp3) is 0.278. The van der Waals surface area contributed by atoms with Crippen molar-refractivity contribution in [3.63, 3.8) is 0 Å². The third-order valence-corrected chi connectivity index (χ3v) is 3.81. The van der Waals surface area contributed by atoms with Gasteiger partial charge in [0.25, 0.3) is 5.91 Å². The zero-order valence-corrected chi connectivity index (χ0v) is 13.9. The Balaban J connectivity index is 1.70. The summed E-state index contributed by atoms with van der Waals surface area (Å²) in [6.07, 6.45) is -4.76. The quantitative estimate of drug-likeness (QED) is 0.802. The van der Waals surface area contributed by atoms with Gasteiger partial charge in [-0.25, -0.2) is 0 Å². The van der Waals surface area contributed by atoms with Gasteiger partial charge < -0.3 is 19.1 Å². The zero-order chi connectivity index (χ0) is 18.7. The lowest BCUT2D eigenvalue weighted by atomic mass is 10.1. The standard InChI is InChI=1S/C18H16F3NO4/c1-2-22(10-12-3-8-15-16(9-12)25-11-24-15)17(23)13-4-6-14(7-5-13)26-18(19,20)21/h3-9H,2,10-11H2,1H3. The summed E-state index contributed by atoms with van der Waals surface area (Å²) in [5.74, 6) is 0.625. The lowest BCUT2D eigenvalue weighted by molar-refractivity contribution is -0.274. The molecule has 8 heteroatoms. The predicted molar refractivity (Wildman–Crippen MR) is 86.1 cm³/mol. The second-order valence-electron chi connectivity index (χ2n) is 5.58. The molecule has 1 heterocycles. The van der Waals surface area contributed by atoms with Gasteiger partial charge in [0.05, 0.1) is 0 Å². The predicted octanol–water partition coefficient (Wildman–Crippen LogP) is 3.98. The Kier molecular flexibility index (Phi) is 4.92. The summed E-state index contributed by atoms with van der Waals surface area (Å²) in [5, 5.41) is 0. The first-order valence-electron chi connectivity index (χ1n) is 7.89. The van der Waals surface area contributed by atoms with Crippen molar-refractivity contribution in [2.24, 2.45) is 0 Å². The highest BCUT2D eigenvalue weighted by atomic mass is 19.4. The maximum atomic E-state index is 12.6. The Morgan fingerprint density at radius 3 is 2.46 bits per heavy atom. The molecule has 0 N–H and O–H groups in total. The average molecular weight is 367 g/mol. The largest absolute Gasteiger partial charge is 0.573 e. The lowest BCUT2D eigenvalue weighted by Crippen LogP contribution is -2.30. The minimum Gasteiger partial charge on any atom is -0.454 e. The number of fused-ring (bicyclic) bond motifs is 1. The summed E-state index contributed by atoms with van der Waals surface area (Å²) in [6, 6.07) is 10.3. The number of alkyl halides is 3.